The van der Waals surface area contributed by atoms with Crippen molar-refractivity contribution in [2.75, 3.05) is 13.2 Å². The summed E-state index contributed by atoms with van der Waals surface area (Å²) in [6.07, 6.45) is 1.72. The maximum Gasteiger partial charge on any atom is 0.352 e. The molecule has 1 fully saturated rings. The van der Waals surface area contributed by atoms with Crippen LogP contribution in [0.3, 0.4) is 0 Å². The molecule has 0 spiro atoms. The van der Waals surface area contributed by atoms with E-state index in [1.165, 1.54) is 0 Å². The Labute approximate surface area is 191 Å². The molecule has 0 aliphatic carbocycles. The summed E-state index contributed by atoms with van der Waals surface area (Å²) in [5.74, 6) is -0.620. The number of benzene rings is 2. The standard InChI is InChI=1S/C25H28N4O4/c1-16-6-9-19(10-7-16)15-28-24(31)22(23(30)26-14-21-5-4-12-33-21)27-29(25(28)32)20-11-8-17(2)18(3)13-20/h6-11,13,21H,4-5,12,14-15H2,1-3H3,(H,26,30). The van der Waals surface area contributed by atoms with Gasteiger partial charge in [0, 0.05) is 13.2 Å². The second kappa shape index (κ2) is 9.54. The number of carbonyl (C=O) groups is 1. The van der Waals surface area contributed by atoms with E-state index in [9.17, 15) is 14.4 Å². The van der Waals surface area contributed by atoms with Crippen molar-refractivity contribution in [3.05, 3.63) is 91.3 Å². The van der Waals surface area contributed by atoms with Crippen LogP contribution >= 0.6 is 0 Å². The Bertz CT molecular complexity index is 1290. The van der Waals surface area contributed by atoms with Crippen LogP contribution in [-0.2, 0) is 11.3 Å². The van der Waals surface area contributed by atoms with Crippen molar-refractivity contribution in [3.63, 3.8) is 0 Å². The predicted octanol–water partition coefficient (Wildman–Crippen LogP) is 2.28. The number of hydrogen-bond acceptors (Lipinski definition) is 5. The number of rotatable bonds is 6. The molecular weight excluding hydrogens is 420 g/mol. The van der Waals surface area contributed by atoms with Crippen LogP contribution in [0.4, 0.5) is 0 Å². The molecule has 0 radical (unpaired) electrons. The van der Waals surface area contributed by atoms with E-state index < -0.39 is 17.2 Å². The van der Waals surface area contributed by atoms with Crippen molar-refractivity contribution in [2.45, 2.75) is 46.3 Å². The van der Waals surface area contributed by atoms with Crippen LogP contribution in [-0.4, -0.2) is 39.5 Å². The minimum atomic E-state index is -0.717. The van der Waals surface area contributed by atoms with Gasteiger partial charge < -0.3 is 10.1 Å². The molecule has 33 heavy (non-hydrogen) atoms. The van der Waals surface area contributed by atoms with Gasteiger partial charge in [0.2, 0.25) is 5.69 Å². The van der Waals surface area contributed by atoms with Crippen molar-refractivity contribution in [3.8, 4) is 5.69 Å². The number of nitrogens with one attached hydrogen (secondary N) is 1. The number of ether oxygens (including phenoxy) is 1. The lowest BCUT2D eigenvalue weighted by Gasteiger charge is -2.14. The molecule has 1 N–H and O–H groups in total. The summed E-state index contributed by atoms with van der Waals surface area (Å²) in [4.78, 5) is 39.4. The zero-order valence-corrected chi connectivity index (χ0v) is 19.1. The molecule has 1 amide bonds. The van der Waals surface area contributed by atoms with Crippen molar-refractivity contribution in [1.82, 2.24) is 19.7 Å². The van der Waals surface area contributed by atoms with Gasteiger partial charge in [-0.15, -0.1) is 0 Å². The van der Waals surface area contributed by atoms with Gasteiger partial charge in [-0.1, -0.05) is 35.9 Å². The van der Waals surface area contributed by atoms with Crippen molar-refractivity contribution >= 4 is 5.91 Å². The fourth-order valence-electron chi connectivity index (χ4n) is 3.79. The number of carbonyl (C=O) groups excluding carboxylic acids is 1. The summed E-state index contributed by atoms with van der Waals surface area (Å²) in [6.45, 7) is 6.86. The second-order valence-electron chi connectivity index (χ2n) is 8.53. The fourth-order valence-corrected chi connectivity index (χ4v) is 3.79. The van der Waals surface area contributed by atoms with Gasteiger partial charge in [0.05, 0.1) is 18.3 Å². The maximum absolute atomic E-state index is 13.3. The molecule has 3 aromatic rings. The first-order valence-electron chi connectivity index (χ1n) is 11.1. The lowest BCUT2D eigenvalue weighted by Crippen LogP contribution is -2.46. The Kier molecular flexibility index (Phi) is 6.55. The molecule has 0 saturated carbocycles. The second-order valence-corrected chi connectivity index (χ2v) is 8.53. The van der Waals surface area contributed by atoms with Gasteiger partial charge in [-0.2, -0.15) is 9.78 Å². The van der Waals surface area contributed by atoms with E-state index in [2.05, 4.69) is 10.4 Å². The number of nitrogens with zero attached hydrogens (tertiary/aromatic N) is 3. The predicted molar refractivity (Wildman–Crippen MR) is 125 cm³/mol. The summed E-state index contributed by atoms with van der Waals surface area (Å²) in [5.41, 5.74) is 2.75. The van der Waals surface area contributed by atoms with Gasteiger partial charge in [0.1, 0.15) is 0 Å². The highest BCUT2D eigenvalue weighted by atomic mass is 16.5. The summed E-state index contributed by atoms with van der Waals surface area (Å²) < 4.78 is 7.74. The van der Waals surface area contributed by atoms with Crippen LogP contribution in [0.15, 0.2) is 52.1 Å². The molecule has 172 valence electrons. The number of aryl methyl sites for hydroxylation is 3. The van der Waals surface area contributed by atoms with Crippen molar-refractivity contribution < 1.29 is 9.53 Å². The Morgan fingerprint density at radius 1 is 1.09 bits per heavy atom. The van der Waals surface area contributed by atoms with E-state index in [1.807, 2.05) is 57.2 Å². The highest BCUT2D eigenvalue weighted by molar-refractivity contribution is 5.91. The van der Waals surface area contributed by atoms with Crippen molar-refractivity contribution in [2.24, 2.45) is 0 Å². The van der Waals surface area contributed by atoms with Crippen LogP contribution in [0.25, 0.3) is 5.69 Å². The quantitative estimate of drug-likeness (QED) is 0.624. The van der Waals surface area contributed by atoms with E-state index in [1.54, 1.807) is 6.07 Å². The first-order valence-corrected chi connectivity index (χ1v) is 11.1. The molecule has 1 saturated heterocycles. The minimum absolute atomic E-state index is 0.0390. The van der Waals surface area contributed by atoms with Gasteiger partial charge in [-0.25, -0.2) is 4.79 Å². The maximum atomic E-state index is 13.3. The SMILES string of the molecule is Cc1ccc(Cn2c(=O)c(C(=O)NCC3CCCO3)nn(-c3ccc(C)c(C)c3)c2=O)cc1. The molecule has 4 rings (SSSR count). The third-order valence-corrected chi connectivity index (χ3v) is 5.99. The largest absolute Gasteiger partial charge is 0.376 e. The Hall–Kier alpha value is -3.52. The number of aromatic nitrogens is 3. The normalized spacial score (nSPS) is 15.5. The van der Waals surface area contributed by atoms with Gasteiger partial charge in [-0.3, -0.25) is 14.2 Å². The summed E-state index contributed by atoms with van der Waals surface area (Å²) in [6, 6.07) is 13.0. The molecule has 1 aliphatic heterocycles. The Morgan fingerprint density at radius 3 is 2.52 bits per heavy atom. The third kappa shape index (κ3) is 4.96. The van der Waals surface area contributed by atoms with Crippen LogP contribution in [0.2, 0.25) is 0 Å². The zero-order chi connectivity index (χ0) is 23.5. The monoisotopic (exact) mass is 448 g/mol. The summed E-state index contributed by atoms with van der Waals surface area (Å²) >= 11 is 0. The molecule has 8 heteroatoms. The fraction of sp³-hybridized carbons (Fsp3) is 0.360. The van der Waals surface area contributed by atoms with E-state index in [0.717, 1.165) is 44.3 Å². The topological polar surface area (TPSA) is 95.2 Å². The highest BCUT2D eigenvalue weighted by Crippen LogP contribution is 2.13. The highest BCUT2D eigenvalue weighted by Gasteiger charge is 2.23. The lowest BCUT2D eigenvalue weighted by atomic mass is 10.1. The average Bonchev–Trinajstić information content (AvgIpc) is 3.32. The first-order chi connectivity index (χ1) is 15.8. The Balaban J connectivity index is 1.78. The zero-order valence-electron chi connectivity index (χ0n) is 19.1. The molecule has 1 aromatic heterocycles. The van der Waals surface area contributed by atoms with Crippen LogP contribution in [0, 0.1) is 20.8 Å². The lowest BCUT2D eigenvalue weighted by molar-refractivity contribution is 0.0849. The molecule has 1 atom stereocenters. The molecule has 8 nitrogen and oxygen atoms in total. The van der Waals surface area contributed by atoms with Gasteiger partial charge >= 0.3 is 5.69 Å². The molecule has 0 bridgehead atoms. The number of hydrogen-bond donors (Lipinski definition) is 1. The van der Waals surface area contributed by atoms with E-state index >= 15 is 0 Å². The molecule has 2 heterocycles. The minimum Gasteiger partial charge on any atom is -0.376 e. The van der Waals surface area contributed by atoms with E-state index in [-0.39, 0.29) is 18.3 Å². The van der Waals surface area contributed by atoms with Crippen LogP contribution in [0.1, 0.15) is 45.6 Å². The van der Waals surface area contributed by atoms with Crippen LogP contribution in [0.5, 0.6) is 0 Å². The van der Waals surface area contributed by atoms with Crippen molar-refractivity contribution in [1.29, 1.82) is 0 Å². The number of amides is 1. The molecule has 1 aliphatic rings. The molecule has 1 unspecified atom stereocenters. The van der Waals surface area contributed by atoms with Gasteiger partial charge in [0.15, 0.2) is 0 Å². The first kappa shape index (κ1) is 22.7. The smallest absolute Gasteiger partial charge is 0.352 e. The molecular formula is C25H28N4O4. The van der Waals surface area contributed by atoms with Gasteiger partial charge in [-0.05, 0) is 62.4 Å². The molecule has 2 aromatic carbocycles. The van der Waals surface area contributed by atoms with Gasteiger partial charge in [0.25, 0.3) is 11.5 Å². The Morgan fingerprint density at radius 2 is 1.85 bits per heavy atom. The van der Waals surface area contributed by atoms with E-state index in [4.69, 9.17) is 4.74 Å². The van der Waals surface area contributed by atoms with Crippen LogP contribution < -0.4 is 16.6 Å². The summed E-state index contributed by atoms with van der Waals surface area (Å²) in [5, 5.41) is 6.94. The van der Waals surface area contributed by atoms with E-state index in [0.29, 0.717) is 18.8 Å². The summed E-state index contributed by atoms with van der Waals surface area (Å²) in [7, 11) is 0. The third-order valence-electron chi connectivity index (χ3n) is 5.99. The average molecular weight is 449 g/mol.